The molecule has 2 N–H and O–H groups in total. The zero-order chi connectivity index (χ0) is 12.3. The van der Waals surface area contributed by atoms with E-state index < -0.39 is 11.5 Å². The van der Waals surface area contributed by atoms with Crippen LogP contribution in [0.3, 0.4) is 0 Å². The fourth-order valence-electron chi connectivity index (χ4n) is 2.67. The number of carbonyl (C=O) groups is 2. The average Bonchev–Trinajstić information content (AvgIpc) is 2.80. The first-order valence-electron chi connectivity index (χ1n) is 6.27. The van der Waals surface area contributed by atoms with Crippen LogP contribution in [0.2, 0.25) is 0 Å². The highest BCUT2D eigenvalue weighted by molar-refractivity contribution is 7.99. The third kappa shape index (κ3) is 2.76. The van der Waals surface area contributed by atoms with Gasteiger partial charge in [-0.3, -0.25) is 4.79 Å². The van der Waals surface area contributed by atoms with Crippen LogP contribution in [-0.2, 0) is 9.59 Å². The van der Waals surface area contributed by atoms with Crippen molar-refractivity contribution >= 4 is 23.6 Å². The lowest BCUT2D eigenvalue weighted by Crippen LogP contribution is -2.54. The maximum absolute atomic E-state index is 12.1. The first-order chi connectivity index (χ1) is 8.14. The largest absolute Gasteiger partial charge is 0.480 e. The van der Waals surface area contributed by atoms with Gasteiger partial charge >= 0.3 is 5.97 Å². The molecule has 4 nitrogen and oxygen atoms in total. The van der Waals surface area contributed by atoms with Gasteiger partial charge in [-0.1, -0.05) is 12.8 Å². The van der Waals surface area contributed by atoms with Crippen molar-refractivity contribution in [1.82, 2.24) is 5.32 Å². The number of carboxylic acid groups (broad SMARTS) is 1. The molecule has 1 aliphatic carbocycles. The van der Waals surface area contributed by atoms with Crippen molar-refractivity contribution in [2.24, 2.45) is 5.92 Å². The Morgan fingerprint density at radius 2 is 1.76 bits per heavy atom. The molecule has 1 aliphatic heterocycles. The zero-order valence-corrected chi connectivity index (χ0v) is 10.7. The highest BCUT2D eigenvalue weighted by Crippen LogP contribution is 2.31. The van der Waals surface area contributed by atoms with Crippen LogP contribution in [0.4, 0.5) is 0 Å². The van der Waals surface area contributed by atoms with E-state index in [1.165, 1.54) is 0 Å². The van der Waals surface area contributed by atoms with Crippen molar-refractivity contribution in [3.63, 3.8) is 0 Å². The summed E-state index contributed by atoms with van der Waals surface area (Å²) in [4.78, 5) is 23.4. The normalized spacial score (nSPS) is 24.5. The van der Waals surface area contributed by atoms with Gasteiger partial charge in [-0.05, 0) is 37.2 Å². The van der Waals surface area contributed by atoms with Gasteiger partial charge in [0.25, 0.3) is 0 Å². The zero-order valence-electron chi connectivity index (χ0n) is 9.91. The van der Waals surface area contributed by atoms with Crippen LogP contribution in [0.25, 0.3) is 0 Å². The Balaban J connectivity index is 1.98. The third-order valence-corrected chi connectivity index (χ3v) is 4.87. The monoisotopic (exact) mass is 257 g/mol. The number of nitrogens with one attached hydrogen (secondary N) is 1. The Morgan fingerprint density at radius 1 is 1.18 bits per heavy atom. The van der Waals surface area contributed by atoms with E-state index in [0.29, 0.717) is 12.8 Å². The summed E-state index contributed by atoms with van der Waals surface area (Å²) in [5.41, 5.74) is -0.971. The van der Waals surface area contributed by atoms with E-state index >= 15 is 0 Å². The number of amides is 1. The Labute approximate surface area is 106 Å². The summed E-state index contributed by atoms with van der Waals surface area (Å²) in [6.45, 7) is 0. The molecule has 96 valence electrons. The second-order valence-corrected chi connectivity index (χ2v) is 6.20. The summed E-state index contributed by atoms with van der Waals surface area (Å²) < 4.78 is 0. The van der Waals surface area contributed by atoms with Crippen LogP contribution in [-0.4, -0.2) is 34.0 Å². The molecule has 17 heavy (non-hydrogen) atoms. The molecule has 2 rings (SSSR count). The number of hydrogen-bond donors (Lipinski definition) is 2. The van der Waals surface area contributed by atoms with Gasteiger partial charge in [0.1, 0.15) is 5.54 Å². The number of rotatable bonds is 3. The predicted octanol–water partition coefficient (Wildman–Crippen LogP) is 1.64. The predicted molar refractivity (Wildman–Crippen MR) is 67.0 cm³/mol. The highest BCUT2D eigenvalue weighted by Gasteiger charge is 2.43. The molecule has 0 spiro atoms. The molecule has 0 aromatic rings. The summed E-state index contributed by atoms with van der Waals surface area (Å²) in [5, 5.41) is 12.1. The second-order valence-electron chi connectivity index (χ2n) is 4.97. The summed E-state index contributed by atoms with van der Waals surface area (Å²) >= 11 is 1.87. The van der Waals surface area contributed by atoms with Gasteiger partial charge in [-0.25, -0.2) is 4.79 Å². The molecular formula is C12H19NO3S. The van der Waals surface area contributed by atoms with Crippen LogP contribution >= 0.6 is 11.8 Å². The summed E-state index contributed by atoms with van der Waals surface area (Å²) in [7, 11) is 0. The topological polar surface area (TPSA) is 66.4 Å². The lowest BCUT2D eigenvalue weighted by molar-refractivity contribution is -0.148. The van der Waals surface area contributed by atoms with Crippen LogP contribution in [0, 0.1) is 5.92 Å². The maximum atomic E-state index is 12.1. The van der Waals surface area contributed by atoms with E-state index in [9.17, 15) is 14.7 Å². The molecule has 1 saturated heterocycles. The summed E-state index contributed by atoms with van der Waals surface area (Å²) in [5.74, 6) is 1.13. The smallest absolute Gasteiger partial charge is 0.329 e. The summed E-state index contributed by atoms with van der Waals surface area (Å²) in [6.07, 6.45) is 4.71. The molecule has 0 aromatic carbocycles. The molecule has 1 saturated carbocycles. The fraction of sp³-hybridized carbons (Fsp3) is 0.833. The van der Waals surface area contributed by atoms with E-state index in [1.807, 2.05) is 11.8 Å². The van der Waals surface area contributed by atoms with Crippen LogP contribution < -0.4 is 5.32 Å². The van der Waals surface area contributed by atoms with Gasteiger partial charge in [-0.15, -0.1) is 0 Å². The van der Waals surface area contributed by atoms with Crippen molar-refractivity contribution in [2.75, 3.05) is 11.5 Å². The third-order valence-electron chi connectivity index (χ3n) is 3.82. The Hall–Kier alpha value is -0.710. The van der Waals surface area contributed by atoms with Gasteiger partial charge in [0.2, 0.25) is 5.91 Å². The van der Waals surface area contributed by atoms with Crippen LogP contribution in [0.5, 0.6) is 0 Å². The van der Waals surface area contributed by atoms with E-state index in [4.69, 9.17) is 0 Å². The second kappa shape index (κ2) is 5.29. The molecule has 0 radical (unpaired) electrons. The Bertz CT molecular complexity index is 307. The molecular weight excluding hydrogens is 238 g/mol. The van der Waals surface area contributed by atoms with Gasteiger partial charge < -0.3 is 10.4 Å². The number of carbonyl (C=O) groups excluding carboxylic acids is 1. The molecule has 5 heteroatoms. The minimum Gasteiger partial charge on any atom is -0.480 e. The molecule has 0 bridgehead atoms. The fourth-order valence-corrected chi connectivity index (χ4v) is 3.78. The molecule has 0 aromatic heterocycles. The minimum atomic E-state index is -0.971. The van der Waals surface area contributed by atoms with Crippen molar-refractivity contribution in [2.45, 2.75) is 44.1 Å². The Kier molecular flexibility index (Phi) is 3.97. The van der Waals surface area contributed by atoms with E-state index in [1.54, 1.807) is 0 Å². The first kappa shape index (κ1) is 12.7. The van der Waals surface area contributed by atoms with Gasteiger partial charge in [0, 0.05) is 5.92 Å². The number of carboxylic acids is 1. The van der Waals surface area contributed by atoms with E-state index in [0.717, 1.165) is 37.2 Å². The molecule has 2 aliphatic rings. The van der Waals surface area contributed by atoms with Crippen LogP contribution in [0.15, 0.2) is 0 Å². The van der Waals surface area contributed by atoms with Crippen molar-refractivity contribution < 1.29 is 14.7 Å². The van der Waals surface area contributed by atoms with Crippen LogP contribution in [0.1, 0.15) is 38.5 Å². The lowest BCUT2D eigenvalue weighted by Gasteiger charge is -2.29. The minimum absolute atomic E-state index is 0.0214. The van der Waals surface area contributed by atoms with E-state index in [2.05, 4.69) is 5.32 Å². The molecule has 1 amide bonds. The highest BCUT2D eigenvalue weighted by atomic mass is 32.2. The summed E-state index contributed by atoms with van der Waals surface area (Å²) in [6, 6.07) is 0. The number of hydrogen-bond acceptors (Lipinski definition) is 3. The van der Waals surface area contributed by atoms with Gasteiger partial charge in [-0.2, -0.15) is 11.8 Å². The van der Waals surface area contributed by atoms with Gasteiger partial charge in [0.15, 0.2) is 0 Å². The quantitative estimate of drug-likeness (QED) is 0.806. The molecule has 0 unspecified atom stereocenters. The SMILES string of the molecule is O=C(NC1(C(=O)O)CCCC1)C1CCSCC1. The maximum Gasteiger partial charge on any atom is 0.329 e. The lowest BCUT2D eigenvalue weighted by atomic mass is 9.94. The first-order valence-corrected chi connectivity index (χ1v) is 7.43. The van der Waals surface area contributed by atoms with E-state index in [-0.39, 0.29) is 11.8 Å². The Morgan fingerprint density at radius 3 is 2.29 bits per heavy atom. The van der Waals surface area contributed by atoms with Gasteiger partial charge in [0.05, 0.1) is 0 Å². The number of aliphatic carboxylic acids is 1. The van der Waals surface area contributed by atoms with Crippen molar-refractivity contribution in [3.8, 4) is 0 Å². The molecule has 0 atom stereocenters. The van der Waals surface area contributed by atoms with Crippen molar-refractivity contribution in [1.29, 1.82) is 0 Å². The standard InChI is InChI=1S/C12H19NO3S/c14-10(9-3-7-17-8-4-9)13-12(11(15)16)5-1-2-6-12/h9H,1-8H2,(H,13,14)(H,15,16). The number of thioether (sulfide) groups is 1. The average molecular weight is 257 g/mol. The molecule has 1 heterocycles. The van der Waals surface area contributed by atoms with Crippen molar-refractivity contribution in [3.05, 3.63) is 0 Å². The molecule has 2 fully saturated rings.